The number of unbranched alkanes of at least 4 members (excludes halogenated alkanes) is 3. The summed E-state index contributed by atoms with van der Waals surface area (Å²) in [6.45, 7) is 4.59. The molecule has 0 fully saturated rings. The second kappa shape index (κ2) is 9.67. The predicted octanol–water partition coefficient (Wildman–Crippen LogP) is 4.12. The quantitative estimate of drug-likeness (QED) is 0.453. The van der Waals surface area contributed by atoms with Gasteiger partial charge in [0.2, 0.25) is 0 Å². The summed E-state index contributed by atoms with van der Waals surface area (Å²) in [5.41, 5.74) is 1.16. The van der Waals surface area contributed by atoms with Crippen LogP contribution in [0.1, 0.15) is 45.1 Å². The molecular weight excluding hydrogens is 350 g/mol. The Balaban J connectivity index is 2.34. The molecule has 2 rings (SSSR count). The number of nitrogens with zero attached hydrogens (tertiary/aromatic N) is 1. The number of ether oxygens (including phenoxy) is 2. The Bertz CT molecular complexity index is 699. The molecule has 0 spiro atoms. The summed E-state index contributed by atoms with van der Waals surface area (Å²) in [6.07, 6.45) is 4.10. The van der Waals surface area contributed by atoms with E-state index in [1.807, 2.05) is 6.92 Å². The lowest BCUT2D eigenvalue weighted by molar-refractivity contribution is -0.136. The molecule has 0 unspecified atom stereocenters. The fourth-order valence-corrected chi connectivity index (χ4v) is 3.85. The number of imide groups is 1. The van der Waals surface area contributed by atoms with Crippen molar-refractivity contribution in [1.29, 1.82) is 0 Å². The summed E-state index contributed by atoms with van der Waals surface area (Å²) in [6, 6.07) is 5.33. The first-order valence-electron chi connectivity index (χ1n) is 9.04. The fraction of sp³-hybridized carbons (Fsp3) is 0.500. The summed E-state index contributed by atoms with van der Waals surface area (Å²) >= 11 is 1.42. The summed E-state index contributed by atoms with van der Waals surface area (Å²) in [4.78, 5) is 27.7. The zero-order chi connectivity index (χ0) is 19.1. The number of methoxy groups -OCH3 is 2. The van der Waals surface area contributed by atoms with Crippen LogP contribution in [-0.4, -0.2) is 43.2 Å². The van der Waals surface area contributed by atoms with E-state index < -0.39 is 0 Å². The Morgan fingerprint density at radius 1 is 0.962 bits per heavy atom. The van der Waals surface area contributed by atoms with Crippen LogP contribution in [0.4, 0.5) is 0 Å². The molecule has 0 N–H and O–H groups in total. The average Bonchev–Trinajstić information content (AvgIpc) is 2.89. The molecule has 1 aromatic carbocycles. The first-order chi connectivity index (χ1) is 12.6. The van der Waals surface area contributed by atoms with Crippen molar-refractivity contribution in [3.63, 3.8) is 0 Å². The molecule has 2 amide bonds. The molecule has 0 aromatic heterocycles. The van der Waals surface area contributed by atoms with Gasteiger partial charge in [0.15, 0.2) is 11.5 Å². The summed E-state index contributed by atoms with van der Waals surface area (Å²) in [5, 5.41) is 0. The van der Waals surface area contributed by atoms with Crippen LogP contribution in [0.15, 0.2) is 23.1 Å². The number of amides is 2. The number of hydrogen-bond donors (Lipinski definition) is 0. The van der Waals surface area contributed by atoms with E-state index in [1.54, 1.807) is 32.4 Å². The Morgan fingerprint density at radius 3 is 2.31 bits per heavy atom. The Morgan fingerprint density at radius 2 is 1.69 bits per heavy atom. The second-order valence-electron chi connectivity index (χ2n) is 6.03. The number of hydrogen-bond acceptors (Lipinski definition) is 5. The molecule has 1 aromatic rings. The number of carbonyl (C=O) groups excluding carboxylic acids is 2. The smallest absolute Gasteiger partial charge is 0.267 e. The molecule has 0 atom stereocenters. The number of benzene rings is 1. The molecular formula is C20H27NO4S. The Labute approximate surface area is 159 Å². The van der Waals surface area contributed by atoms with Crippen molar-refractivity contribution in [1.82, 2.24) is 4.90 Å². The van der Waals surface area contributed by atoms with Crippen molar-refractivity contribution in [2.45, 2.75) is 39.5 Å². The van der Waals surface area contributed by atoms with E-state index in [0.717, 1.165) is 31.4 Å². The van der Waals surface area contributed by atoms with Crippen LogP contribution in [0, 0.1) is 0 Å². The molecule has 1 aliphatic rings. The fourth-order valence-electron chi connectivity index (χ4n) is 2.98. The zero-order valence-electron chi connectivity index (χ0n) is 16.0. The zero-order valence-corrected chi connectivity index (χ0v) is 16.8. The minimum Gasteiger partial charge on any atom is -0.493 e. The second-order valence-corrected chi connectivity index (χ2v) is 7.30. The van der Waals surface area contributed by atoms with Crippen LogP contribution in [0.25, 0.3) is 5.57 Å². The van der Waals surface area contributed by atoms with Gasteiger partial charge in [0.1, 0.15) is 0 Å². The molecule has 0 saturated carbocycles. The standard InChI is InChI=1S/C20H27NO4S/c1-5-7-8-9-12-21-19(22)17(18(20(21)23)26-6-2)14-10-11-15(24-3)16(13-14)25-4/h10-11,13H,5-9,12H2,1-4H3. The van der Waals surface area contributed by atoms with E-state index in [0.29, 0.717) is 34.1 Å². The largest absolute Gasteiger partial charge is 0.493 e. The highest BCUT2D eigenvalue weighted by molar-refractivity contribution is 8.04. The maximum absolute atomic E-state index is 13.0. The molecule has 26 heavy (non-hydrogen) atoms. The lowest BCUT2D eigenvalue weighted by atomic mass is 10.1. The van der Waals surface area contributed by atoms with Crippen molar-refractivity contribution in [2.75, 3.05) is 26.5 Å². The number of carbonyl (C=O) groups is 2. The third kappa shape index (κ3) is 4.23. The monoisotopic (exact) mass is 377 g/mol. The third-order valence-corrected chi connectivity index (χ3v) is 5.28. The normalized spacial score (nSPS) is 14.4. The van der Waals surface area contributed by atoms with Crippen molar-refractivity contribution in [3.05, 3.63) is 28.7 Å². The van der Waals surface area contributed by atoms with Crippen LogP contribution in [-0.2, 0) is 9.59 Å². The number of thioether (sulfide) groups is 1. The van der Waals surface area contributed by atoms with Crippen molar-refractivity contribution < 1.29 is 19.1 Å². The maximum atomic E-state index is 13.0. The van der Waals surface area contributed by atoms with Crippen LogP contribution in [0.5, 0.6) is 11.5 Å². The molecule has 0 radical (unpaired) electrons. The summed E-state index contributed by atoms with van der Waals surface area (Å²) < 4.78 is 10.6. The van der Waals surface area contributed by atoms with Gasteiger partial charge in [0, 0.05) is 6.54 Å². The third-order valence-electron chi connectivity index (χ3n) is 4.32. The molecule has 1 heterocycles. The molecule has 1 aliphatic heterocycles. The van der Waals surface area contributed by atoms with E-state index in [4.69, 9.17) is 9.47 Å². The number of rotatable bonds is 10. The van der Waals surface area contributed by atoms with Crippen molar-refractivity contribution >= 4 is 29.1 Å². The molecule has 142 valence electrons. The van der Waals surface area contributed by atoms with Gasteiger partial charge in [-0.2, -0.15) is 0 Å². The molecule has 6 heteroatoms. The minimum atomic E-state index is -0.213. The van der Waals surface area contributed by atoms with Crippen LogP contribution in [0.3, 0.4) is 0 Å². The van der Waals surface area contributed by atoms with Gasteiger partial charge in [-0.1, -0.05) is 39.2 Å². The van der Waals surface area contributed by atoms with Crippen LogP contribution < -0.4 is 9.47 Å². The van der Waals surface area contributed by atoms with E-state index in [9.17, 15) is 9.59 Å². The summed E-state index contributed by atoms with van der Waals surface area (Å²) in [7, 11) is 3.12. The lowest BCUT2D eigenvalue weighted by Gasteiger charge is -2.15. The molecule has 0 saturated heterocycles. The Kier molecular flexibility index (Phi) is 7.57. The lowest BCUT2D eigenvalue weighted by Crippen LogP contribution is -2.32. The highest BCUT2D eigenvalue weighted by Gasteiger charge is 2.38. The average molecular weight is 378 g/mol. The topological polar surface area (TPSA) is 55.8 Å². The first-order valence-corrected chi connectivity index (χ1v) is 10.0. The summed E-state index contributed by atoms with van der Waals surface area (Å²) in [5.74, 6) is 1.47. The van der Waals surface area contributed by atoms with E-state index in [-0.39, 0.29) is 11.8 Å². The predicted molar refractivity (Wildman–Crippen MR) is 105 cm³/mol. The van der Waals surface area contributed by atoms with Gasteiger partial charge in [-0.05, 0) is 29.9 Å². The minimum absolute atomic E-state index is 0.178. The molecule has 0 aliphatic carbocycles. The van der Waals surface area contributed by atoms with Gasteiger partial charge in [0.25, 0.3) is 11.8 Å². The van der Waals surface area contributed by atoms with Crippen molar-refractivity contribution in [3.8, 4) is 11.5 Å². The molecule has 5 nitrogen and oxygen atoms in total. The van der Waals surface area contributed by atoms with E-state index in [2.05, 4.69) is 6.92 Å². The van der Waals surface area contributed by atoms with Gasteiger partial charge in [-0.3, -0.25) is 14.5 Å². The van der Waals surface area contributed by atoms with Crippen LogP contribution >= 0.6 is 11.8 Å². The van der Waals surface area contributed by atoms with Gasteiger partial charge >= 0.3 is 0 Å². The van der Waals surface area contributed by atoms with Crippen molar-refractivity contribution in [2.24, 2.45) is 0 Å². The van der Waals surface area contributed by atoms with Gasteiger partial charge in [-0.15, -0.1) is 11.8 Å². The first kappa shape index (κ1) is 20.4. The molecule has 0 bridgehead atoms. The highest BCUT2D eigenvalue weighted by Crippen LogP contribution is 2.39. The van der Waals surface area contributed by atoms with Gasteiger partial charge in [-0.25, -0.2) is 0 Å². The SMILES string of the molecule is CCCCCCN1C(=O)C(SCC)=C(c2ccc(OC)c(OC)c2)C1=O. The van der Waals surface area contributed by atoms with E-state index in [1.165, 1.54) is 16.7 Å². The van der Waals surface area contributed by atoms with Crippen LogP contribution in [0.2, 0.25) is 0 Å². The highest BCUT2D eigenvalue weighted by atomic mass is 32.2. The van der Waals surface area contributed by atoms with Gasteiger partial charge < -0.3 is 9.47 Å². The van der Waals surface area contributed by atoms with E-state index >= 15 is 0 Å². The van der Waals surface area contributed by atoms with Gasteiger partial charge in [0.05, 0.1) is 24.7 Å². The Hall–Kier alpha value is -1.95. The maximum Gasteiger partial charge on any atom is 0.267 e.